The number of aromatic nitrogens is 2. The van der Waals surface area contributed by atoms with Crippen LogP contribution in [0.2, 0.25) is 0 Å². The van der Waals surface area contributed by atoms with Crippen LogP contribution in [0.25, 0.3) is 0 Å². The van der Waals surface area contributed by atoms with E-state index in [1.807, 2.05) is 35.2 Å². The predicted octanol–water partition coefficient (Wildman–Crippen LogP) is 0.214. The second kappa shape index (κ2) is 8.58. The van der Waals surface area contributed by atoms with Gasteiger partial charge in [0.05, 0.1) is 11.5 Å². The van der Waals surface area contributed by atoms with Gasteiger partial charge >= 0.3 is 0 Å². The monoisotopic (exact) mass is 424 g/mol. The molecule has 5 N–H and O–H groups in total. The molecule has 0 aliphatic carbocycles. The number of nitrogens with zero attached hydrogens (tertiary/aromatic N) is 2. The number of amides is 3. The smallest absolute Gasteiger partial charge is 0.258 e. The van der Waals surface area contributed by atoms with Crippen LogP contribution in [0.4, 0.5) is 11.8 Å². The highest BCUT2D eigenvalue weighted by Gasteiger charge is 2.35. The summed E-state index contributed by atoms with van der Waals surface area (Å²) in [5.74, 6) is -1.81. The molecule has 31 heavy (non-hydrogen) atoms. The van der Waals surface area contributed by atoms with Crippen LogP contribution in [0.5, 0.6) is 0 Å². The van der Waals surface area contributed by atoms with E-state index in [0.717, 1.165) is 5.56 Å². The molecule has 0 spiro atoms. The lowest BCUT2D eigenvalue weighted by Gasteiger charge is -2.32. The molecule has 1 aromatic heterocycles. The van der Waals surface area contributed by atoms with Gasteiger partial charge in [0.25, 0.3) is 5.56 Å². The lowest BCUT2D eigenvalue weighted by molar-refractivity contribution is -0.126. The van der Waals surface area contributed by atoms with Crippen molar-refractivity contribution in [2.75, 3.05) is 23.3 Å². The quantitative estimate of drug-likeness (QED) is 0.539. The van der Waals surface area contributed by atoms with Crippen molar-refractivity contribution in [1.29, 1.82) is 0 Å². The molecular weight excluding hydrogens is 400 g/mol. The maximum absolute atomic E-state index is 12.9. The Balaban J connectivity index is 1.54. The minimum Gasteiger partial charge on any atom is -0.369 e. The largest absolute Gasteiger partial charge is 0.369 e. The van der Waals surface area contributed by atoms with E-state index in [0.29, 0.717) is 38.4 Å². The lowest BCUT2D eigenvalue weighted by atomic mass is 9.92. The molecule has 4 rings (SSSR count). The van der Waals surface area contributed by atoms with E-state index in [1.54, 1.807) is 0 Å². The van der Waals surface area contributed by atoms with Crippen LogP contribution < -0.4 is 26.8 Å². The first-order chi connectivity index (χ1) is 14.9. The number of carbonyl (C=O) groups is 3. The number of anilines is 2. The third-order valence-electron chi connectivity index (χ3n) is 5.76. The average molecular weight is 424 g/mol. The first-order valence-electron chi connectivity index (χ1n) is 10.2. The highest BCUT2D eigenvalue weighted by Crippen LogP contribution is 2.30. The summed E-state index contributed by atoms with van der Waals surface area (Å²) < 4.78 is 0. The molecule has 2 aliphatic heterocycles. The molecule has 1 fully saturated rings. The topological polar surface area (TPSA) is 150 Å². The summed E-state index contributed by atoms with van der Waals surface area (Å²) in [5, 5.41) is 5.41. The van der Waals surface area contributed by atoms with Crippen LogP contribution in [0.1, 0.15) is 36.3 Å². The Bertz CT molecular complexity index is 1060. The van der Waals surface area contributed by atoms with Gasteiger partial charge in [0.15, 0.2) is 0 Å². The number of piperidine rings is 1. The summed E-state index contributed by atoms with van der Waals surface area (Å²) in [6.07, 6.45) is 1.00. The molecule has 0 radical (unpaired) electrons. The predicted molar refractivity (Wildman–Crippen MR) is 113 cm³/mol. The Labute approximate surface area is 178 Å². The van der Waals surface area contributed by atoms with Gasteiger partial charge in [-0.2, -0.15) is 4.98 Å². The van der Waals surface area contributed by atoms with E-state index in [-0.39, 0.29) is 35.5 Å². The fraction of sp³-hybridized carbons (Fsp3) is 0.381. The third kappa shape index (κ3) is 4.42. The summed E-state index contributed by atoms with van der Waals surface area (Å²) in [6.45, 7) is 1.31. The van der Waals surface area contributed by atoms with Gasteiger partial charge in [-0.25, -0.2) is 0 Å². The number of rotatable bonds is 5. The average Bonchev–Trinajstić information content (AvgIpc) is 2.77. The number of benzene rings is 1. The van der Waals surface area contributed by atoms with Crippen molar-refractivity contribution in [1.82, 2.24) is 15.3 Å². The van der Waals surface area contributed by atoms with Gasteiger partial charge in [0, 0.05) is 32.0 Å². The molecule has 1 saturated heterocycles. The number of primary amides is 1. The molecule has 2 aliphatic rings. The maximum atomic E-state index is 12.9. The van der Waals surface area contributed by atoms with Crippen molar-refractivity contribution in [2.45, 2.75) is 31.7 Å². The first kappa shape index (κ1) is 20.6. The van der Waals surface area contributed by atoms with Gasteiger partial charge in [0.1, 0.15) is 5.82 Å². The minimum atomic E-state index is -0.918. The van der Waals surface area contributed by atoms with Crippen LogP contribution in [-0.4, -0.2) is 40.8 Å². The SMILES string of the molecule is NC(=O)C1CCN(c2nc3c(c(=O)[nH]2)[C@H](C(=O)NCc2ccccc2)CC(=O)N3)CC1. The third-order valence-corrected chi connectivity index (χ3v) is 5.76. The number of hydrogen-bond donors (Lipinski definition) is 4. The Morgan fingerprint density at radius 2 is 1.87 bits per heavy atom. The van der Waals surface area contributed by atoms with Gasteiger partial charge in [-0.3, -0.25) is 24.2 Å². The zero-order valence-corrected chi connectivity index (χ0v) is 16.9. The highest BCUT2D eigenvalue weighted by atomic mass is 16.2. The number of fused-ring (bicyclic) bond motifs is 1. The molecule has 0 bridgehead atoms. The molecule has 3 heterocycles. The fourth-order valence-corrected chi connectivity index (χ4v) is 4.02. The van der Waals surface area contributed by atoms with Crippen molar-refractivity contribution in [3.05, 3.63) is 51.8 Å². The molecular formula is C21H24N6O4. The second-order valence-electron chi connectivity index (χ2n) is 7.82. The standard InChI is InChI=1S/C21H24N6O4/c22-17(29)13-6-8-27(9-7-13)21-25-18-16(20(31)26-21)14(10-15(28)24-18)19(30)23-11-12-4-2-1-3-5-12/h1-5,13-14H,6-11H2,(H2,22,29)(H,23,30)(H2,24,25,26,28,31)/t14-/m1/s1. The highest BCUT2D eigenvalue weighted by molar-refractivity contribution is 6.00. The van der Waals surface area contributed by atoms with E-state index in [2.05, 4.69) is 20.6 Å². The van der Waals surface area contributed by atoms with Crippen molar-refractivity contribution in [3.63, 3.8) is 0 Å². The molecule has 10 heteroatoms. The summed E-state index contributed by atoms with van der Waals surface area (Å²) in [5.41, 5.74) is 5.98. The van der Waals surface area contributed by atoms with Crippen molar-refractivity contribution in [2.24, 2.45) is 11.7 Å². The van der Waals surface area contributed by atoms with Gasteiger partial charge in [0.2, 0.25) is 23.7 Å². The molecule has 162 valence electrons. The van der Waals surface area contributed by atoms with Gasteiger partial charge in [-0.15, -0.1) is 0 Å². The second-order valence-corrected chi connectivity index (χ2v) is 7.82. The maximum Gasteiger partial charge on any atom is 0.258 e. The number of carbonyl (C=O) groups excluding carboxylic acids is 3. The van der Waals surface area contributed by atoms with E-state index in [1.165, 1.54) is 0 Å². The minimum absolute atomic E-state index is 0.104. The number of nitrogens with one attached hydrogen (secondary N) is 3. The molecule has 1 aromatic carbocycles. The van der Waals surface area contributed by atoms with E-state index in [4.69, 9.17) is 5.73 Å². The summed E-state index contributed by atoms with van der Waals surface area (Å²) >= 11 is 0. The zero-order valence-electron chi connectivity index (χ0n) is 16.9. The van der Waals surface area contributed by atoms with Crippen LogP contribution in [0.15, 0.2) is 35.1 Å². The number of hydrogen-bond acceptors (Lipinski definition) is 6. The molecule has 0 saturated carbocycles. The molecule has 0 unspecified atom stereocenters. The van der Waals surface area contributed by atoms with Crippen LogP contribution >= 0.6 is 0 Å². The van der Waals surface area contributed by atoms with Crippen LogP contribution in [-0.2, 0) is 20.9 Å². The Hall–Kier alpha value is -3.69. The number of aromatic amines is 1. The molecule has 1 atom stereocenters. The first-order valence-corrected chi connectivity index (χ1v) is 10.2. The van der Waals surface area contributed by atoms with Crippen molar-refractivity contribution >= 4 is 29.5 Å². The van der Waals surface area contributed by atoms with Gasteiger partial charge < -0.3 is 21.3 Å². The molecule has 3 amide bonds. The summed E-state index contributed by atoms with van der Waals surface area (Å²) in [7, 11) is 0. The normalized spacial score (nSPS) is 18.8. The molecule has 2 aromatic rings. The summed E-state index contributed by atoms with van der Waals surface area (Å²) in [4.78, 5) is 58.2. The Morgan fingerprint density at radius 3 is 2.55 bits per heavy atom. The van der Waals surface area contributed by atoms with E-state index >= 15 is 0 Å². The van der Waals surface area contributed by atoms with Gasteiger partial charge in [-0.1, -0.05) is 30.3 Å². The van der Waals surface area contributed by atoms with Crippen LogP contribution in [0.3, 0.4) is 0 Å². The molecule has 10 nitrogen and oxygen atoms in total. The number of nitrogens with two attached hydrogens (primary N) is 1. The lowest BCUT2D eigenvalue weighted by Crippen LogP contribution is -2.42. The fourth-order valence-electron chi connectivity index (χ4n) is 4.02. The zero-order chi connectivity index (χ0) is 22.0. The number of H-pyrrole nitrogens is 1. The Morgan fingerprint density at radius 1 is 1.16 bits per heavy atom. The summed E-state index contributed by atoms with van der Waals surface area (Å²) in [6, 6.07) is 9.38. The van der Waals surface area contributed by atoms with Crippen molar-refractivity contribution in [3.8, 4) is 0 Å². The van der Waals surface area contributed by atoms with Gasteiger partial charge in [-0.05, 0) is 18.4 Å². The Kier molecular flexibility index (Phi) is 5.70. The van der Waals surface area contributed by atoms with Crippen molar-refractivity contribution < 1.29 is 14.4 Å². The van der Waals surface area contributed by atoms with E-state index in [9.17, 15) is 19.2 Å². The van der Waals surface area contributed by atoms with E-state index < -0.39 is 17.4 Å². The van der Waals surface area contributed by atoms with Crippen LogP contribution in [0, 0.1) is 5.92 Å².